The summed E-state index contributed by atoms with van der Waals surface area (Å²) in [5, 5.41) is 10.1. The topological polar surface area (TPSA) is 97.5 Å². The molecule has 2 rings (SSSR count). The van der Waals surface area contributed by atoms with Gasteiger partial charge in [0, 0.05) is 24.0 Å². The first-order chi connectivity index (χ1) is 14.1. The molecule has 8 nitrogen and oxygen atoms in total. The van der Waals surface area contributed by atoms with Crippen LogP contribution in [0.1, 0.15) is 57.5 Å². The molecule has 2 aromatic rings. The molecule has 0 aliphatic rings. The number of alkyl halides is 3. The van der Waals surface area contributed by atoms with Crippen molar-refractivity contribution in [1.29, 1.82) is 0 Å². The number of aliphatic hydroxyl groups is 1. The van der Waals surface area contributed by atoms with Gasteiger partial charge >= 0.3 is 11.9 Å². The number of aromatic nitrogens is 2. The number of hydrogen-bond acceptors (Lipinski definition) is 7. The molecule has 0 spiro atoms. The Kier molecular flexibility index (Phi) is 7.75. The smallest absolute Gasteiger partial charge is 0.355 e. The van der Waals surface area contributed by atoms with E-state index in [2.05, 4.69) is 10.9 Å². The average molecular weight is 467 g/mol. The van der Waals surface area contributed by atoms with Crippen LogP contribution in [0.5, 0.6) is 0 Å². The van der Waals surface area contributed by atoms with Gasteiger partial charge in [0.2, 0.25) is 6.41 Å². The Morgan fingerprint density at radius 2 is 1.81 bits per heavy atom. The van der Waals surface area contributed by atoms with Crippen LogP contribution < -0.4 is 22.1 Å². The van der Waals surface area contributed by atoms with E-state index in [0.717, 1.165) is 20.5 Å². The van der Waals surface area contributed by atoms with E-state index in [9.17, 15) is 27.9 Å². The lowest BCUT2D eigenvalue weighted by Gasteiger charge is -2.24. The van der Waals surface area contributed by atoms with Crippen LogP contribution in [0.15, 0.2) is 9.59 Å². The van der Waals surface area contributed by atoms with Crippen molar-refractivity contribution in [2.24, 2.45) is 0 Å². The van der Waals surface area contributed by atoms with Crippen molar-refractivity contribution in [3.63, 3.8) is 0 Å². The first-order valence-corrected chi connectivity index (χ1v) is 10.6. The summed E-state index contributed by atoms with van der Waals surface area (Å²) >= 11 is 1.07. The monoisotopic (exact) mass is 466 g/mol. The number of rotatable bonds is 8. The van der Waals surface area contributed by atoms with Gasteiger partial charge in [-0.3, -0.25) is 13.9 Å². The number of nitrogens with one attached hydrogen (secondary N) is 2. The van der Waals surface area contributed by atoms with E-state index in [0.29, 0.717) is 10.4 Å². The number of fused-ring (bicyclic) bond motifs is 1. The summed E-state index contributed by atoms with van der Waals surface area (Å²) in [5.41, 5.74) is 4.05. The average Bonchev–Trinajstić information content (AvgIpc) is 2.88. The third-order valence-electron chi connectivity index (χ3n) is 4.42. The molecule has 2 heterocycles. The first kappa shape index (κ1) is 25.5. The molecular weight excluding hydrogens is 437 g/mol. The summed E-state index contributed by atoms with van der Waals surface area (Å²) in [5.74, 6) is 0. The van der Waals surface area contributed by atoms with Gasteiger partial charge in [-0.1, -0.05) is 0 Å². The maximum atomic E-state index is 13.0. The number of aryl methyl sites for hydroxylation is 2. The first-order valence-electron chi connectivity index (χ1n) is 9.80. The zero-order valence-electron chi connectivity index (χ0n) is 18.4. The largest absolute Gasteiger partial charge is 0.390 e. The lowest BCUT2D eigenvalue weighted by atomic mass is 10.2. The fraction of sp³-hybridized carbons (Fsp3) is 0.684. The second-order valence-electron chi connectivity index (χ2n) is 8.48. The van der Waals surface area contributed by atoms with Crippen molar-refractivity contribution < 1.29 is 23.0 Å². The molecule has 3 N–H and O–H groups in total. The van der Waals surface area contributed by atoms with E-state index < -0.39 is 48.4 Å². The lowest BCUT2D eigenvalue weighted by molar-refractivity contribution is -0.187. The Morgan fingerprint density at radius 3 is 2.32 bits per heavy atom. The van der Waals surface area contributed by atoms with Gasteiger partial charge in [0.05, 0.1) is 17.4 Å². The van der Waals surface area contributed by atoms with E-state index in [1.165, 1.54) is 0 Å². The second kappa shape index (κ2) is 9.41. The SMILES string of the molecule is Cc1c(CNNC(O)OC(C)(C)C)sc2c1c(=O)n(C(C)C)c(=O)n2CCC(F)(F)F. The molecule has 0 amide bonds. The van der Waals surface area contributed by atoms with Crippen molar-refractivity contribution in [3.8, 4) is 0 Å². The van der Waals surface area contributed by atoms with Crippen LogP contribution in [0.4, 0.5) is 13.2 Å². The van der Waals surface area contributed by atoms with Crippen LogP contribution in [0.25, 0.3) is 10.2 Å². The highest BCUT2D eigenvalue weighted by molar-refractivity contribution is 7.18. The standard InChI is InChI=1S/C19H29F3N4O4S/c1-10(2)26-14(27)13-11(3)12(9-23-24-16(28)30-18(4,5)6)31-15(13)25(17(26)29)8-7-19(20,21)22/h10,16,23-24,28H,7-9H2,1-6H3. The second-order valence-corrected chi connectivity index (χ2v) is 9.56. The molecule has 0 saturated heterocycles. The molecule has 0 aliphatic heterocycles. The van der Waals surface area contributed by atoms with Gasteiger partial charge in [-0.2, -0.15) is 13.2 Å². The zero-order valence-corrected chi connectivity index (χ0v) is 19.2. The molecule has 2 aromatic heterocycles. The van der Waals surface area contributed by atoms with Gasteiger partial charge < -0.3 is 9.84 Å². The van der Waals surface area contributed by atoms with Crippen LogP contribution in [0.3, 0.4) is 0 Å². The number of aliphatic hydroxyl groups excluding tert-OH is 1. The summed E-state index contributed by atoms with van der Waals surface area (Å²) in [6, 6.07) is -0.506. The van der Waals surface area contributed by atoms with E-state index >= 15 is 0 Å². The third kappa shape index (κ3) is 6.39. The lowest BCUT2D eigenvalue weighted by Crippen LogP contribution is -2.45. The summed E-state index contributed by atoms with van der Waals surface area (Å²) in [4.78, 5) is 26.6. The Hall–Kier alpha value is -1.73. The van der Waals surface area contributed by atoms with Gasteiger partial charge in [0.25, 0.3) is 5.56 Å². The minimum Gasteiger partial charge on any atom is -0.355 e. The molecule has 31 heavy (non-hydrogen) atoms. The minimum atomic E-state index is -4.44. The number of hydrazine groups is 1. The van der Waals surface area contributed by atoms with Crippen molar-refractivity contribution in [1.82, 2.24) is 20.0 Å². The Balaban J connectivity index is 2.43. The number of ether oxygens (including phenoxy) is 1. The zero-order chi connectivity index (χ0) is 23.7. The molecule has 12 heteroatoms. The number of hydrogen-bond donors (Lipinski definition) is 3. The van der Waals surface area contributed by atoms with Gasteiger partial charge in [-0.15, -0.1) is 11.3 Å². The van der Waals surface area contributed by atoms with Gasteiger partial charge in [0.1, 0.15) is 4.83 Å². The molecular formula is C19H29F3N4O4S. The minimum absolute atomic E-state index is 0.157. The highest BCUT2D eigenvalue weighted by Crippen LogP contribution is 2.29. The van der Waals surface area contributed by atoms with Crippen molar-refractivity contribution in [2.75, 3.05) is 0 Å². The van der Waals surface area contributed by atoms with Crippen LogP contribution >= 0.6 is 11.3 Å². The predicted molar refractivity (Wildman–Crippen MR) is 113 cm³/mol. The predicted octanol–water partition coefficient (Wildman–Crippen LogP) is 2.75. The highest BCUT2D eigenvalue weighted by atomic mass is 32.1. The number of halogens is 3. The fourth-order valence-electron chi connectivity index (χ4n) is 3.05. The van der Waals surface area contributed by atoms with E-state index in [1.54, 1.807) is 41.5 Å². The van der Waals surface area contributed by atoms with Crippen LogP contribution in [-0.4, -0.2) is 32.4 Å². The summed E-state index contributed by atoms with van der Waals surface area (Å²) in [6.45, 7) is 9.85. The molecule has 0 bridgehead atoms. The molecule has 1 unspecified atom stereocenters. The maximum Gasteiger partial charge on any atom is 0.390 e. The van der Waals surface area contributed by atoms with Crippen LogP contribution in [0.2, 0.25) is 0 Å². The molecule has 0 fully saturated rings. The van der Waals surface area contributed by atoms with Crippen LogP contribution in [-0.2, 0) is 17.8 Å². The summed E-state index contributed by atoms with van der Waals surface area (Å²) in [7, 11) is 0. The Labute approximate surface area is 181 Å². The summed E-state index contributed by atoms with van der Waals surface area (Å²) < 4.78 is 45.8. The molecule has 0 aliphatic carbocycles. The van der Waals surface area contributed by atoms with Gasteiger partial charge in [-0.05, 0) is 47.1 Å². The van der Waals surface area contributed by atoms with E-state index in [-0.39, 0.29) is 16.8 Å². The Bertz CT molecular complexity index is 1030. The highest BCUT2D eigenvalue weighted by Gasteiger charge is 2.29. The van der Waals surface area contributed by atoms with E-state index in [1.807, 2.05) is 0 Å². The van der Waals surface area contributed by atoms with Crippen molar-refractivity contribution in [3.05, 3.63) is 31.3 Å². The van der Waals surface area contributed by atoms with Crippen LogP contribution in [0, 0.1) is 6.92 Å². The molecule has 0 saturated carbocycles. The van der Waals surface area contributed by atoms with Crippen molar-refractivity contribution in [2.45, 2.75) is 85.3 Å². The summed E-state index contributed by atoms with van der Waals surface area (Å²) in [6.07, 6.45) is -6.91. The number of thiophene rings is 1. The normalized spacial score (nSPS) is 14.0. The van der Waals surface area contributed by atoms with Gasteiger partial charge in [0.15, 0.2) is 0 Å². The molecule has 176 valence electrons. The van der Waals surface area contributed by atoms with E-state index in [4.69, 9.17) is 4.74 Å². The maximum absolute atomic E-state index is 13.0. The quantitative estimate of drug-likeness (QED) is 0.409. The molecule has 0 aromatic carbocycles. The van der Waals surface area contributed by atoms with Gasteiger partial charge in [-0.25, -0.2) is 15.6 Å². The molecule has 0 radical (unpaired) electrons. The van der Waals surface area contributed by atoms with Crippen molar-refractivity contribution >= 4 is 21.6 Å². The molecule has 1 atom stereocenters. The fourth-order valence-corrected chi connectivity index (χ4v) is 4.31. The third-order valence-corrected chi connectivity index (χ3v) is 5.73. The Morgan fingerprint density at radius 1 is 1.19 bits per heavy atom. The number of nitrogens with zero attached hydrogens (tertiary/aromatic N) is 2.